The average Bonchev–Trinajstić information content (AvgIpc) is 2.52. The molecule has 21 heavy (non-hydrogen) atoms. The quantitative estimate of drug-likeness (QED) is 0.571. The summed E-state index contributed by atoms with van der Waals surface area (Å²) in [5, 5.41) is 0. The van der Waals surface area contributed by atoms with Crippen LogP contribution in [0.15, 0.2) is 12.1 Å². The van der Waals surface area contributed by atoms with Gasteiger partial charge < -0.3 is 14.2 Å². The monoisotopic (exact) mass is 294 g/mol. The fourth-order valence-corrected chi connectivity index (χ4v) is 1.98. The lowest BCUT2D eigenvalue weighted by molar-refractivity contribution is 0.0553. The molecule has 1 aromatic rings. The molecule has 0 radical (unpaired) electrons. The Kier molecular flexibility index (Phi) is 6.72. The predicted octanol–water partition coefficient (Wildman–Crippen LogP) is 3.00. The molecule has 0 N–H and O–H groups in total. The van der Waals surface area contributed by atoms with Crippen molar-refractivity contribution in [2.75, 3.05) is 20.8 Å². The maximum absolute atomic E-state index is 11.9. The summed E-state index contributed by atoms with van der Waals surface area (Å²) in [6, 6.07) is 3.31. The van der Waals surface area contributed by atoms with Crippen LogP contribution < -0.4 is 4.74 Å². The third kappa shape index (κ3) is 4.21. The number of hydrogen-bond acceptors (Lipinski definition) is 5. The van der Waals surface area contributed by atoms with Crippen LogP contribution >= 0.6 is 0 Å². The lowest BCUT2D eigenvalue weighted by Crippen LogP contribution is -2.15. The van der Waals surface area contributed by atoms with Gasteiger partial charge in [0.15, 0.2) is 0 Å². The van der Waals surface area contributed by atoms with Gasteiger partial charge in [0.25, 0.3) is 0 Å². The molecule has 0 amide bonds. The van der Waals surface area contributed by atoms with Crippen LogP contribution in [-0.2, 0) is 15.9 Å². The first kappa shape index (κ1) is 17.0. The van der Waals surface area contributed by atoms with E-state index in [1.165, 1.54) is 20.3 Å². The smallest absolute Gasteiger partial charge is 0.339 e. The molecule has 0 aliphatic heterocycles. The van der Waals surface area contributed by atoms with E-state index >= 15 is 0 Å². The van der Waals surface area contributed by atoms with Gasteiger partial charge in [0.2, 0.25) is 0 Å². The number of methoxy groups -OCH3 is 2. The van der Waals surface area contributed by atoms with Gasteiger partial charge in [0.05, 0.1) is 32.0 Å². The van der Waals surface area contributed by atoms with Gasteiger partial charge in [-0.15, -0.1) is 0 Å². The van der Waals surface area contributed by atoms with Crippen LogP contribution in [0, 0.1) is 0 Å². The minimum atomic E-state index is -0.578. The van der Waals surface area contributed by atoms with E-state index in [-0.39, 0.29) is 11.1 Å². The van der Waals surface area contributed by atoms with Gasteiger partial charge in [0, 0.05) is 0 Å². The molecule has 116 valence electrons. The van der Waals surface area contributed by atoms with Crippen LogP contribution in [0.3, 0.4) is 0 Å². The Hall–Kier alpha value is -2.04. The number of esters is 2. The molecule has 0 saturated heterocycles. The lowest BCUT2D eigenvalue weighted by atomic mass is 9.98. The summed E-state index contributed by atoms with van der Waals surface area (Å²) in [7, 11) is 2.56. The van der Waals surface area contributed by atoms with Crippen molar-refractivity contribution in [3.63, 3.8) is 0 Å². The number of aryl methyl sites for hydroxylation is 1. The molecule has 0 fully saturated rings. The van der Waals surface area contributed by atoms with E-state index in [0.29, 0.717) is 24.3 Å². The maximum Gasteiger partial charge on any atom is 0.339 e. The SMILES string of the molecule is CCCCOc1cc(CC)c(C(=O)OC)c(C(=O)OC)c1. The summed E-state index contributed by atoms with van der Waals surface area (Å²) in [4.78, 5) is 23.9. The van der Waals surface area contributed by atoms with E-state index in [4.69, 9.17) is 14.2 Å². The van der Waals surface area contributed by atoms with Gasteiger partial charge in [-0.05, 0) is 30.5 Å². The molecule has 0 spiro atoms. The zero-order valence-electron chi connectivity index (χ0n) is 13.0. The van der Waals surface area contributed by atoms with Crippen molar-refractivity contribution in [1.82, 2.24) is 0 Å². The molecule has 5 heteroatoms. The Bertz CT molecular complexity index is 508. The second-order valence-electron chi connectivity index (χ2n) is 4.54. The number of ether oxygens (including phenoxy) is 3. The highest BCUT2D eigenvalue weighted by Gasteiger charge is 2.23. The first-order valence-corrected chi connectivity index (χ1v) is 7.05. The van der Waals surface area contributed by atoms with Crippen molar-refractivity contribution in [1.29, 1.82) is 0 Å². The molecule has 0 aromatic heterocycles. The Morgan fingerprint density at radius 1 is 1.05 bits per heavy atom. The van der Waals surface area contributed by atoms with Crippen LogP contribution in [0.4, 0.5) is 0 Å². The van der Waals surface area contributed by atoms with Crippen molar-refractivity contribution in [3.8, 4) is 5.75 Å². The molecule has 0 saturated carbocycles. The first-order valence-electron chi connectivity index (χ1n) is 7.05. The van der Waals surface area contributed by atoms with Gasteiger partial charge >= 0.3 is 11.9 Å². The molecular formula is C16H22O5. The number of rotatable bonds is 7. The molecule has 0 unspecified atom stereocenters. The second-order valence-corrected chi connectivity index (χ2v) is 4.54. The Morgan fingerprint density at radius 3 is 2.24 bits per heavy atom. The minimum absolute atomic E-state index is 0.176. The molecule has 5 nitrogen and oxygen atoms in total. The Labute approximate surface area is 125 Å². The molecular weight excluding hydrogens is 272 g/mol. The largest absolute Gasteiger partial charge is 0.494 e. The molecule has 0 aliphatic carbocycles. The minimum Gasteiger partial charge on any atom is -0.494 e. The fraction of sp³-hybridized carbons (Fsp3) is 0.500. The summed E-state index contributed by atoms with van der Waals surface area (Å²) >= 11 is 0. The summed E-state index contributed by atoms with van der Waals surface area (Å²) in [5.41, 5.74) is 1.13. The van der Waals surface area contributed by atoms with Crippen molar-refractivity contribution in [3.05, 3.63) is 28.8 Å². The van der Waals surface area contributed by atoms with Crippen LogP contribution in [-0.4, -0.2) is 32.8 Å². The second kappa shape index (κ2) is 8.29. The van der Waals surface area contributed by atoms with E-state index in [1.807, 2.05) is 6.92 Å². The highest BCUT2D eigenvalue weighted by atomic mass is 16.5. The molecule has 0 atom stereocenters. The normalized spacial score (nSPS) is 10.1. The van der Waals surface area contributed by atoms with Crippen molar-refractivity contribution >= 4 is 11.9 Å². The van der Waals surface area contributed by atoms with Gasteiger partial charge in [-0.2, -0.15) is 0 Å². The average molecular weight is 294 g/mol. The number of benzene rings is 1. The van der Waals surface area contributed by atoms with Crippen LogP contribution in [0.5, 0.6) is 5.75 Å². The molecule has 1 aromatic carbocycles. The summed E-state index contributed by atoms with van der Waals surface area (Å²) in [5.74, 6) is -0.563. The highest BCUT2D eigenvalue weighted by molar-refractivity contribution is 6.04. The Morgan fingerprint density at radius 2 is 1.71 bits per heavy atom. The van der Waals surface area contributed by atoms with Crippen LogP contribution in [0.25, 0.3) is 0 Å². The molecule has 0 heterocycles. The van der Waals surface area contributed by atoms with E-state index in [0.717, 1.165) is 12.8 Å². The van der Waals surface area contributed by atoms with Crippen LogP contribution in [0.2, 0.25) is 0 Å². The topological polar surface area (TPSA) is 61.8 Å². The third-order valence-corrected chi connectivity index (χ3v) is 3.14. The lowest BCUT2D eigenvalue weighted by Gasteiger charge is -2.14. The summed E-state index contributed by atoms with van der Waals surface area (Å²) in [6.07, 6.45) is 2.53. The fourth-order valence-electron chi connectivity index (χ4n) is 1.98. The van der Waals surface area contributed by atoms with Crippen molar-refractivity contribution < 1.29 is 23.8 Å². The zero-order chi connectivity index (χ0) is 15.8. The van der Waals surface area contributed by atoms with E-state index in [2.05, 4.69) is 6.92 Å². The zero-order valence-corrected chi connectivity index (χ0v) is 13.0. The summed E-state index contributed by atoms with van der Waals surface area (Å²) < 4.78 is 15.1. The van der Waals surface area contributed by atoms with Gasteiger partial charge in [0.1, 0.15) is 5.75 Å². The predicted molar refractivity (Wildman–Crippen MR) is 78.9 cm³/mol. The molecule has 0 aliphatic rings. The number of carbonyl (C=O) groups excluding carboxylic acids is 2. The summed E-state index contributed by atoms with van der Waals surface area (Å²) in [6.45, 7) is 4.54. The number of carbonyl (C=O) groups is 2. The van der Waals surface area contributed by atoms with Gasteiger partial charge in [-0.1, -0.05) is 20.3 Å². The number of unbranched alkanes of at least 4 members (excludes halogenated alkanes) is 1. The van der Waals surface area contributed by atoms with E-state index in [9.17, 15) is 9.59 Å². The van der Waals surface area contributed by atoms with Crippen molar-refractivity contribution in [2.45, 2.75) is 33.1 Å². The highest BCUT2D eigenvalue weighted by Crippen LogP contribution is 2.25. The number of hydrogen-bond donors (Lipinski definition) is 0. The van der Waals surface area contributed by atoms with E-state index < -0.39 is 11.9 Å². The maximum atomic E-state index is 11.9. The first-order chi connectivity index (χ1) is 10.1. The van der Waals surface area contributed by atoms with Gasteiger partial charge in [-0.25, -0.2) is 9.59 Å². The van der Waals surface area contributed by atoms with Gasteiger partial charge in [-0.3, -0.25) is 0 Å². The Balaban J connectivity index is 3.28. The van der Waals surface area contributed by atoms with Crippen LogP contribution in [0.1, 0.15) is 53.0 Å². The third-order valence-electron chi connectivity index (χ3n) is 3.14. The molecule has 0 bridgehead atoms. The van der Waals surface area contributed by atoms with Crippen molar-refractivity contribution in [2.24, 2.45) is 0 Å². The van der Waals surface area contributed by atoms with E-state index in [1.54, 1.807) is 6.07 Å². The molecule has 1 rings (SSSR count). The standard InChI is InChI=1S/C16H22O5/c1-5-7-8-21-12-9-11(6-2)14(16(18)20-4)13(10-12)15(17)19-3/h9-10H,5-8H2,1-4H3.